The van der Waals surface area contributed by atoms with Gasteiger partial charge in [0, 0.05) is 36.6 Å². The van der Waals surface area contributed by atoms with Gasteiger partial charge in [0.25, 0.3) is 5.91 Å². The summed E-state index contributed by atoms with van der Waals surface area (Å²) in [6, 6.07) is 17.9. The topological polar surface area (TPSA) is 154 Å². The van der Waals surface area contributed by atoms with Crippen molar-refractivity contribution in [2.45, 2.75) is 64.8 Å². The molecule has 0 aliphatic rings. The number of benzene rings is 2. The first-order chi connectivity index (χ1) is 23.3. The predicted octanol–water partition coefficient (Wildman–Crippen LogP) is 6.38. The first-order valence-electron chi connectivity index (χ1n) is 16.4. The molecule has 2 heterocycles. The van der Waals surface area contributed by atoms with Gasteiger partial charge in [-0.2, -0.15) is 4.99 Å². The van der Waals surface area contributed by atoms with Crippen molar-refractivity contribution >= 4 is 46.3 Å². The Morgan fingerprint density at radius 2 is 1.69 bits per heavy atom. The molecule has 254 valence electrons. The van der Waals surface area contributed by atoms with Gasteiger partial charge in [-0.05, 0) is 61.0 Å². The van der Waals surface area contributed by atoms with Crippen molar-refractivity contribution in [3.63, 3.8) is 0 Å². The Kier molecular flexibility index (Phi) is 13.5. The quantitative estimate of drug-likeness (QED) is 0.0570. The number of hydrogen-bond donors (Lipinski definition) is 2. The summed E-state index contributed by atoms with van der Waals surface area (Å²) in [6.45, 7) is 3.08. The molecular formula is C36H45N7O5. The molecule has 0 saturated carbocycles. The van der Waals surface area contributed by atoms with Gasteiger partial charge >= 0.3 is 12.1 Å². The second-order valence-electron chi connectivity index (χ2n) is 11.4. The number of aromatic nitrogens is 3. The van der Waals surface area contributed by atoms with Crippen molar-refractivity contribution in [1.82, 2.24) is 14.5 Å². The Bertz CT molecular complexity index is 1690. The summed E-state index contributed by atoms with van der Waals surface area (Å²) < 4.78 is 11.9. The fraction of sp³-hybridized carbons (Fsp3) is 0.389. The maximum Gasteiger partial charge on any atom is 0.435 e. The zero-order chi connectivity index (χ0) is 34.3. The first kappa shape index (κ1) is 35.6. The number of carbonyl (C=O) groups excluding carboxylic acids is 3. The second kappa shape index (κ2) is 18.2. The van der Waals surface area contributed by atoms with Crippen LogP contribution in [0, 0.1) is 0 Å². The highest BCUT2D eigenvalue weighted by atomic mass is 16.5. The Balaban J connectivity index is 1.34. The molecule has 4 rings (SSSR count). The molecule has 4 aromatic rings. The van der Waals surface area contributed by atoms with E-state index >= 15 is 0 Å². The number of aryl methyl sites for hydroxylation is 1. The van der Waals surface area contributed by atoms with Crippen LogP contribution in [0.3, 0.4) is 0 Å². The number of nitrogens with two attached hydrogens (primary N) is 1. The number of methoxy groups -OCH3 is 1. The van der Waals surface area contributed by atoms with Crippen molar-refractivity contribution < 1.29 is 23.9 Å². The van der Waals surface area contributed by atoms with E-state index in [1.165, 1.54) is 37.7 Å². The van der Waals surface area contributed by atoms with E-state index in [2.05, 4.69) is 22.2 Å². The van der Waals surface area contributed by atoms with E-state index in [1.54, 1.807) is 48.7 Å². The standard InChI is InChI=1S/C36H45N7O5/c1-4-5-6-7-8-9-12-23-48-36(46)41-34(37)26-14-17-28(18-15-26)39-25-32-40-29-24-27(16-19-30(29)42(32)2)35(45)43(22-20-33(44)47-3)31-13-10-11-21-38-31/h10-11,13-19,21,24,39H,4-9,12,20,22-23,25H2,1-3H3,(H2,37,41,46). The van der Waals surface area contributed by atoms with Gasteiger partial charge in [-0.25, -0.2) is 14.8 Å². The summed E-state index contributed by atoms with van der Waals surface area (Å²) in [6.07, 6.45) is 8.91. The molecule has 0 saturated heterocycles. The van der Waals surface area contributed by atoms with Crippen LogP contribution in [0.25, 0.3) is 11.0 Å². The van der Waals surface area contributed by atoms with Crippen LogP contribution in [0.5, 0.6) is 0 Å². The number of nitrogens with one attached hydrogen (secondary N) is 1. The number of esters is 1. The fourth-order valence-electron chi connectivity index (χ4n) is 5.19. The van der Waals surface area contributed by atoms with Gasteiger partial charge < -0.3 is 25.1 Å². The Hall–Kier alpha value is -5.26. The van der Waals surface area contributed by atoms with Crippen LogP contribution in [0.1, 0.15) is 80.0 Å². The van der Waals surface area contributed by atoms with Crippen molar-refractivity contribution in [3.05, 3.63) is 83.8 Å². The van der Waals surface area contributed by atoms with Crippen LogP contribution in [-0.2, 0) is 27.9 Å². The number of pyridine rings is 1. The predicted molar refractivity (Wildman–Crippen MR) is 187 cm³/mol. The lowest BCUT2D eigenvalue weighted by Crippen LogP contribution is -2.33. The average Bonchev–Trinajstić information content (AvgIpc) is 3.43. The van der Waals surface area contributed by atoms with Crippen LogP contribution >= 0.6 is 0 Å². The minimum atomic E-state index is -0.682. The number of hydrogen-bond acceptors (Lipinski definition) is 8. The van der Waals surface area contributed by atoms with E-state index in [0.717, 1.165) is 36.3 Å². The van der Waals surface area contributed by atoms with E-state index in [9.17, 15) is 14.4 Å². The lowest BCUT2D eigenvalue weighted by atomic mass is 10.1. The summed E-state index contributed by atoms with van der Waals surface area (Å²) >= 11 is 0. The van der Waals surface area contributed by atoms with Gasteiger partial charge in [0.2, 0.25) is 0 Å². The smallest absolute Gasteiger partial charge is 0.435 e. The van der Waals surface area contributed by atoms with Crippen LogP contribution in [0.2, 0.25) is 0 Å². The zero-order valence-electron chi connectivity index (χ0n) is 28.0. The molecule has 0 aliphatic carbocycles. The van der Waals surface area contributed by atoms with Crippen molar-refractivity contribution in [3.8, 4) is 0 Å². The third-order valence-corrected chi connectivity index (χ3v) is 7.98. The average molecular weight is 656 g/mol. The monoisotopic (exact) mass is 655 g/mol. The minimum absolute atomic E-state index is 0.0345. The van der Waals surface area contributed by atoms with Gasteiger partial charge in [0.05, 0.1) is 37.7 Å². The summed E-state index contributed by atoms with van der Waals surface area (Å²) in [5, 5.41) is 3.35. The zero-order valence-corrected chi connectivity index (χ0v) is 28.0. The third kappa shape index (κ3) is 10.1. The van der Waals surface area contributed by atoms with Gasteiger partial charge in [-0.1, -0.05) is 51.5 Å². The highest BCUT2D eigenvalue weighted by Crippen LogP contribution is 2.21. The fourth-order valence-corrected chi connectivity index (χ4v) is 5.19. The number of nitrogens with zero attached hydrogens (tertiary/aromatic N) is 5. The lowest BCUT2D eigenvalue weighted by Gasteiger charge is -2.21. The Morgan fingerprint density at radius 3 is 2.40 bits per heavy atom. The number of unbranched alkanes of at least 4 members (excludes halogenated alkanes) is 6. The molecule has 0 fully saturated rings. The van der Waals surface area contributed by atoms with Crippen molar-refractivity contribution in [1.29, 1.82) is 0 Å². The minimum Gasteiger partial charge on any atom is -0.469 e. The van der Waals surface area contributed by atoms with E-state index in [4.69, 9.17) is 20.2 Å². The molecule has 48 heavy (non-hydrogen) atoms. The maximum absolute atomic E-state index is 13.6. The molecule has 2 amide bonds. The highest BCUT2D eigenvalue weighted by molar-refractivity contribution is 6.07. The largest absolute Gasteiger partial charge is 0.469 e. The van der Waals surface area contributed by atoms with E-state index in [0.29, 0.717) is 35.6 Å². The molecule has 3 N–H and O–H groups in total. The first-order valence-corrected chi connectivity index (χ1v) is 16.4. The summed E-state index contributed by atoms with van der Waals surface area (Å²) in [7, 11) is 3.23. The lowest BCUT2D eigenvalue weighted by molar-refractivity contribution is -0.140. The van der Waals surface area contributed by atoms with Crippen LogP contribution < -0.4 is 16.0 Å². The SMILES string of the molecule is CCCCCCCCCOC(=O)/N=C(\N)c1ccc(NCc2nc3cc(C(=O)N(CCC(=O)OC)c4ccccn4)ccc3n2C)cc1. The number of rotatable bonds is 17. The number of amidine groups is 1. The molecule has 12 heteroatoms. The van der Waals surface area contributed by atoms with Crippen molar-refractivity contribution in [2.24, 2.45) is 17.8 Å². The number of ether oxygens (including phenoxy) is 2. The molecule has 2 aromatic carbocycles. The van der Waals surface area contributed by atoms with Crippen LogP contribution in [-0.4, -0.2) is 58.6 Å². The molecular weight excluding hydrogens is 610 g/mol. The molecule has 0 bridgehead atoms. The van der Waals surface area contributed by atoms with Crippen molar-refractivity contribution in [2.75, 3.05) is 30.5 Å². The molecule has 0 radical (unpaired) electrons. The molecule has 0 atom stereocenters. The second-order valence-corrected chi connectivity index (χ2v) is 11.4. The summed E-state index contributed by atoms with van der Waals surface area (Å²) in [5.74, 6) is 0.583. The van der Waals surface area contributed by atoms with E-state index in [-0.39, 0.29) is 24.7 Å². The van der Waals surface area contributed by atoms with E-state index < -0.39 is 12.1 Å². The molecule has 0 aliphatic heterocycles. The van der Waals surface area contributed by atoms with Crippen LogP contribution in [0.15, 0.2) is 71.9 Å². The van der Waals surface area contributed by atoms with Crippen LogP contribution in [0.4, 0.5) is 16.3 Å². The van der Waals surface area contributed by atoms with Gasteiger partial charge in [-0.3, -0.25) is 14.5 Å². The third-order valence-electron chi connectivity index (χ3n) is 7.98. The van der Waals surface area contributed by atoms with Gasteiger partial charge in [0.1, 0.15) is 17.5 Å². The Morgan fingerprint density at radius 1 is 0.958 bits per heavy atom. The number of aliphatic imine (C=N–C) groups is 1. The molecule has 0 unspecified atom stereocenters. The Labute approximate surface area is 281 Å². The van der Waals surface area contributed by atoms with Gasteiger partial charge in [0.15, 0.2) is 0 Å². The maximum atomic E-state index is 13.6. The molecule has 0 spiro atoms. The van der Waals surface area contributed by atoms with E-state index in [1.807, 2.05) is 29.8 Å². The number of imidazole rings is 1. The summed E-state index contributed by atoms with van der Waals surface area (Å²) in [5.41, 5.74) is 9.44. The number of anilines is 2. The number of amides is 2. The highest BCUT2D eigenvalue weighted by Gasteiger charge is 2.21. The summed E-state index contributed by atoms with van der Waals surface area (Å²) in [4.78, 5) is 51.9. The molecule has 2 aromatic heterocycles. The number of fused-ring (bicyclic) bond motifs is 1. The number of carbonyl (C=O) groups is 3. The molecule has 12 nitrogen and oxygen atoms in total. The van der Waals surface area contributed by atoms with Gasteiger partial charge in [-0.15, -0.1) is 0 Å². The normalized spacial score (nSPS) is 11.4.